The van der Waals surface area contributed by atoms with Crippen molar-refractivity contribution in [2.75, 3.05) is 7.11 Å². The summed E-state index contributed by atoms with van der Waals surface area (Å²) in [6, 6.07) is 0. The Hall–Kier alpha value is -0.940. The predicted octanol–water partition coefficient (Wildman–Crippen LogP) is 0.844. The predicted molar refractivity (Wildman–Crippen MR) is 47.6 cm³/mol. The maximum atomic E-state index is 9.62. The highest BCUT2D eigenvalue weighted by Crippen LogP contribution is 2.33. The Morgan fingerprint density at radius 3 is 3.07 bits per heavy atom. The molecule has 2 rings (SSSR count). The van der Waals surface area contributed by atoms with Crippen molar-refractivity contribution < 1.29 is 14.4 Å². The smallest absolute Gasteiger partial charge is 0.232 e. The van der Waals surface area contributed by atoms with Crippen molar-refractivity contribution in [1.29, 1.82) is 0 Å². The molecule has 0 saturated heterocycles. The molecule has 0 aliphatic heterocycles. The highest BCUT2D eigenvalue weighted by Gasteiger charge is 2.31. The van der Waals surface area contributed by atoms with E-state index in [-0.39, 0.29) is 12.0 Å². The van der Waals surface area contributed by atoms with Gasteiger partial charge in [0.1, 0.15) is 6.61 Å². The van der Waals surface area contributed by atoms with Crippen molar-refractivity contribution in [3.63, 3.8) is 0 Å². The number of aromatic nitrogens is 2. The van der Waals surface area contributed by atoms with Crippen LogP contribution in [-0.2, 0) is 11.3 Å². The lowest BCUT2D eigenvalue weighted by Crippen LogP contribution is -2.11. The summed E-state index contributed by atoms with van der Waals surface area (Å²) in [5.74, 6) is 1.11. The van der Waals surface area contributed by atoms with Crippen LogP contribution in [0.4, 0.5) is 0 Å². The molecule has 14 heavy (non-hydrogen) atoms. The van der Waals surface area contributed by atoms with Gasteiger partial charge in [0.15, 0.2) is 5.82 Å². The number of methoxy groups -OCH3 is 1. The first-order valence-corrected chi connectivity index (χ1v) is 4.80. The van der Waals surface area contributed by atoms with Gasteiger partial charge in [0.25, 0.3) is 0 Å². The van der Waals surface area contributed by atoms with Gasteiger partial charge in [-0.1, -0.05) is 5.16 Å². The molecule has 1 heterocycles. The average Bonchev–Trinajstić information content (AvgIpc) is 2.74. The molecule has 0 spiro atoms. The van der Waals surface area contributed by atoms with Gasteiger partial charge < -0.3 is 14.4 Å². The van der Waals surface area contributed by atoms with Crippen LogP contribution in [0, 0.1) is 0 Å². The molecule has 5 nitrogen and oxygen atoms in total. The van der Waals surface area contributed by atoms with Crippen LogP contribution in [0.5, 0.6) is 0 Å². The van der Waals surface area contributed by atoms with E-state index >= 15 is 0 Å². The van der Waals surface area contributed by atoms with Crippen LogP contribution in [0.25, 0.3) is 0 Å². The van der Waals surface area contributed by atoms with Gasteiger partial charge in [-0.2, -0.15) is 4.98 Å². The van der Waals surface area contributed by atoms with Crippen molar-refractivity contribution in [2.24, 2.45) is 0 Å². The van der Waals surface area contributed by atoms with Crippen molar-refractivity contribution in [3.8, 4) is 0 Å². The summed E-state index contributed by atoms with van der Waals surface area (Å²) in [6.07, 6.45) is 2.45. The lowest BCUT2D eigenvalue weighted by atomic mass is 10.1. The number of rotatable bonds is 3. The first kappa shape index (κ1) is 9.61. The molecule has 0 aromatic carbocycles. The van der Waals surface area contributed by atoms with Gasteiger partial charge in [-0.3, -0.25) is 0 Å². The van der Waals surface area contributed by atoms with Gasteiger partial charge in [0, 0.05) is 7.11 Å². The van der Waals surface area contributed by atoms with E-state index in [1.807, 2.05) is 0 Å². The lowest BCUT2D eigenvalue weighted by Gasteiger charge is -2.07. The zero-order valence-corrected chi connectivity index (χ0v) is 8.14. The third-order valence-corrected chi connectivity index (χ3v) is 2.55. The number of aliphatic hydroxyl groups excluding tert-OH is 1. The summed E-state index contributed by atoms with van der Waals surface area (Å²) in [5, 5.41) is 13.4. The molecule has 0 radical (unpaired) electrons. The monoisotopic (exact) mass is 198 g/mol. The summed E-state index contributed by atoms with van der Waals surface area (Å²) >= 11 is 0. The van der Waals surface area contributed by atoms with Gasteiger partial charge in [0.2, 0.25) is 5.89 Å². The Kier molecular flexibility index (Phi) is 2.79. The van der Waals surface area contributed by atoms with E-state index in [1.165, 1.54) is 0 Å². The SMILES string of the molecule is COCc1noc(C2CCCC2O)n1. The van der Waals surface area contributed by atoms with Gasteiger partial charge >= 0.3 is 0 Å². The molecule has 2 atom stereocenters. The minimum Gasteiger partial charge on any atom is -0.392 e. The first-order valence-electron chi connectivity index (χ1n) is 4.80. The fourth-order valence-electron chi connectivity index (χ4n) is 1.83. The molecule has 1 aromatic rings. The van der Waals surface area contributed by atoms with Gasteiger partial charge in [0.05, 0.1) is 12.0 Å². The number of hydrogen-bond donors (Lipinski definition) is 1. The average molecular weight is 198 g/mol. The number of hydrogen-bond acceptors (Lipinski definition) is 5. The molecule has 1 aliphatic carbocycles. The first-order chi connectivity index (χ1) is 6.81. The molecule has 1 aliphatic rings. The number of ether oxygens (including phenoxy) is 1. The largest absolute Gasteiger partial charge is 0.392 e. The van der Waals surface area contributed by atoms with E-state index in [1.54, 1.807) is 7.11 Å². The third kappa shape index (κ3) is 1.78. The van der Waals surface area contributed by atoms with Crippen LogP contribution < -0.4 is 0 Å². The van der Waals surface area contributed by atoms with Gasteiger partial charge in [-0.15, -0.1) is 0 Å². The zero-order chi connectivity index (χ0) is 9.97. The van der Waals surface area contributed by atoms with Crippen LogP contribution in [-0.4, -0.2) is 28.5 Å². The zero-order valence-electron chi connectivity index (χ0n) is 8.14. The lowest BCUT2D eigenvalue weighted by molar-refractivity contribution is 0.147. The molecule has 0 bridgehead atoms. The molecule has 1 fully saturated rings. The van der Waals surface area contributed by atoms with E-state index in [0.717, 1.165) is 19.3 Å². The third-order valence-electron chi connectivity index (χ3n) is 2.55. The molecular formula is C9H14N2O3. The Morgan fingerprint density at radius 2 is 2.43 bits per heavy atom. The Labute approximate surface area is 82.1 Å². The molecule has 5 heteroatoms. The summed E-state index contributed by atoms with van der Waals surface area (Å²) in [7, 11) is 1.58. The van der Waals surface area contributed by atoms with Crippen molar-refractivity contribution >= 4 is 0 Å². The molecule has 0 amide bonds. The van der Waals surface area contributed by atoms with E-state index in [4.69, 9.17) is 9.26 Å². The van der Waals surface area contributed by atoms with Crippen LogP contribution in [0.3, 0.4) is 0 Å². The fourth-order valence-corrected chi connectivity index (χ4v) is 1.83. The number of nitrogens with zero attached hydrogens (tertiary/aromatic N) is 2. The Balaban J connectivity index is 2.08. The molecule has 1 N–H and O–H groups in total. The minimum atomic E-state index is -0.328. The summed E-state index contributed by atoms with van der Waals surface area (Å²) in [6.45, 7) is 0.353. The Bertz CT molecular complexity index is 300. The topological polar surface area (TPSA) is 68.4 Å². The summed E-state index contributed by atoms with van der Waals surface area (Å²) in [4.78, 5) is 4.17. The highest BCUT2D eigenvalue weighted by molar-refractivity contribution is 4.99. The van der Waals surface area contributed by atoms with E-state index in [0.29, 0.717) is 18.3 Å². The van der Waals surface area contributed by atoms with Crippen molar-refractivity contribution in [1.82, 2.24) is 10.1 Å². The highest BCUT2D eigenvalue weighted by atomic mass is 16.5. The molecule has 1 aromatic heterocycles. The molecule has 78 valence electrons. The van der Waals surface area contributed by atoms with E-state index in [2.05, 4.69) is 10.1 Å². The summed E-state index contributed by atoms with van der Waals surface area (Å²) in [5.41, 5.74) is 0. The number of aliphatic hydroxyl groups is 1. The Morgan fingerprint density at radius 1 is 1.57 bits per heavy atom. The summed E-state index contributed by atoms with van der Waals surface area (Å²) < 4.78 is 9.95. The normalized spacial score (nSPS) is 27.0. The minimum absolute atomic E-state index is 0.0214. The second kappa shape index (κ2) is 4.06. The van der Waals surface area contributed by atoms with Gasteiger partial charge in [-0.25, -0.2) is 0 Å². The fraction of sp³-hybridized carbons (Fsp3) is 0.778. The second-order valence-corrected chi connectivity index (χ2v) is 3.59. The van der Waals surface area contributed by atoms with Crippen LogP contribution in [0.1, 0.15) is 36.9 Å². The standard InChI is InChI=1S/C9H14N2O3/c1-13-5-8-10-9(14-11-8)6-3-2-4-7(6)12/h6-7,12H,2-5H2,1H3. The van der Waals surface area contributed by atoms with Crippen LogP contribution >= 0.6 is 0 Å². The quantitative estimate of drug-likeness (QED) is 0.779. The van der Waals surface area contributed by atoms with Crippen LogP contribution in [0.2, 0.25) is 0 Å². The molecule has 2 unspecified atom stereocenters. The van der Waals surface area contributed by atoms with Crippen molar-refractivity contribution in [3.05, 3.63) is 11.7 Å². The van der Waals surface area contributed by atoms with E-state index in [9.17, 15) is 5.11 Å². The van der Waals surface area contributed by atoms with Crippen molar-refractivity contribution in [2.45, 2.75) is 37.9 Å². The maximum Gasteiger partial charge on any atom is 0.232 e. The van der Waals surface area contributed by atoms with Crippen LogP contribution in [0.15, 0.2) is 4.52 Å². The second-order valence-electron chi connectivity index (χ2n) is 3.59. The molecular weight excluding hydrogens is 184 g/mol. The van der Waals surface area contributed by atoms with Gasteiger partial charge in [-0.05, 0) is 19.3 Å². The molecule has 1 saturated carbocycles. The van der Waals surface area contributed by atoms with E-state index < -0.39 is 0 Å². The maximum absolute atomic E-state index is 9.62.